The molecule has 3 nitrogen and oxygen atoms in total. The van der Waals surface area contributed by atoms with Crippen molar-refractivity contribution in [3.8, 4) is 6.07 Å². The first-order chi connectivity index (χ1) is 7.20. The van der Waals surface area contributed by atoms with Crippen molar-refractivity contribution in [1.82, 2.24) is 0 Å². The Bertz CT molecular complexity index is 411. The van der Waals surface area contributed by atoms with Gasteiger partial charge in [0.15, 0.2) is 0 Å². The molecule has 0 spiro atoms. The molecule has 1 aliphatic rings. The topological polar surface area (TPSA) is 53.0 Å². The van der Waals surface area contributed by atoms with Crippen molar-refractivity contribution >= 4 is 5.69 Å². The molecule has 0 amide bonds. The van der Waals surface area contributed by atoms with Gasteiger partial charge in [-0.2, -0.15) is 5.26 Å². The van der Waals surface area contributed by atoms with Crippen LogP contribution in [0, 0.1) is 17.1 Å². The van der Waals surface area contributed by atoms with Gasteiger partial charge < -0.3 is 10.6 Å². The SMILES string of the molecule is N#Cc1ccc(N2CC[C@@H](N)C2)c(F)c1. The summed E-state index contributed by atoms with van der Waals surface area (Å²) in [5.74, 6) is -0.344. The van der Waals surface area contributed by atoms with Crippen LogP contribution in [-0.2, 0) is 0 Å². The molecule has 15 heavy (non-hydrogen) atoms. The van der Waals surface area contributed by atoms with Crippen LogP contribution >= 0.6 is 0 Å². The maximum atomic E-state index is 13.6. The summed E-state index contributed by atoms with van der Waals surface area (Å²) < 4.78 is 13.6. The molecule has 0 aromatic heterocycles. The quantitative estimate of drug-likeness (QED) is 0.750. The number of anilines is 1. The van der Waals surface area contributed by atoms with Gasteiger partial charge in [-0.1, -0.05) is 0 Å². The first-order valence-electron chi connectivity index (χ1n) is 4.91. The molecule has 1 aliphatic heterocycles. The summed E-state index contributed by atoms with van der Waals surface area (Å²) in [5.41, 5.74) is 6.64. The van der Waals surface area contributed by atoms with Gasteiger partial charge in [0, 0.05) is 19.1 Å². The van der Waals surface area contributed by atoms with Crippen LogP contribution in [0.3, 0.4) is 0 Å². The second-order valence-corrected chi connectivity index (χ2v) is 3.77. The molecular weight excluding hydrogens is 193 g/mol. The molecule has 0 unspecified atom stereocenters. The fourth-order valence-corrected chi connectivity index (χ4v) is 1.84. The van der Waals surface area contributed by atoms with Crippen molar-refractivity contribution in [2.24, 2.45) is 5.73 Å². The molecule has 1 saturated heterocycles. The van der Waals surface area contributed by atoms with Crippen LogP contribution in [0.2, 0.25) is 0 Å². The van der Waals surface area contributed by atoms with Gasteiger partial charge in [0.05, 0.1) is 17.3 Å². The predicted octanol–water partition coefficient (Wildman–Crippen LogP) is 1.23. The Labute approximate surface area is 87.9 Å². The van der Waals surface area contributed by atoms with E-state index < -0.39 is 0 Å². The number of hydrogen-bond donors (Lipinski definition) is 1. The van der Waals surface area contributed by atoms with Gasteiger partial charge in [0.1, 0.15) is 5.82 Å². The Morgan fingerprint density at radius 1 is 1.53 bits per heavy atom. The molecule has 2 N–H and O–H groups in total. The van der Waals surface area contributed by atoms with Gasteiger partial charge in [-0.05, 0) is 24.6 Å². The highest BCUT2D eigenvalue weighted by molar-refractivity contribution is 5.52. The zero-order valence-electron chi connectivity index (χ0n) is 8.28. The number of benzene rings is 1. The van der Waals surface area contributed by atoms with E-state index in [4.69, 9.17) is 11.0 Å². The number of rotatable bonds is 1. The predicted molar refractivity (Wildman–Crippen MR) is 55.9 cm³/mol. The highest BCUT2D eigenvalue weighted by Gasteiger charge is 2.21. The van der Waals surface area contributed by atoms with E-state index in [0.29, 0.717) is 17.8 Å². The fourth-order valence-electron chi connectivity index (χ4n) is 1.84. The van der Waals surface area contributed by atoms with Crippen molar-refractivity contribution in [1.29, 1.82) is 5.26 Å². The minimum Gasteiger partial charge on any atom is -0.368 e. The lowest BCUT2D eigenvalue weighted by Crippen LogP contribution is -2.26. The average Bonchev–Trinajstić information content (AvgIpc) is 2.64. The lowest BCUT2D eigenvalue weighted by molar-refractivity contribution is 0.622. The first-order valence-corrected chi connectivity index (χ1v) is 4.91. The van der Waals surface area contributed by atoms with Crippen molar-refractivity contribution < 1.29 is 4.39 Å². The molecule has 1 aromatic carbocycles. The minimum absolute atomic E-state index is 0.125. The van der Waals surface area contributed by atoms with Gasteiger partial charge in [0.2, 0.25) is 0 Å². The van der Waals surface area contributed by atoms with Crippen LogP contribution in [0.15, 0.2) is 18.2 Å². The molecule has 1 aromatic rings. The number of halogens is 1. The third-order valence-corrected chi connectivity index (χ3v) is 2.64. The Kier molecular flexibility index (Phi) is 2.57. The summed E-state index contributed by atoms with van der Waals surface area (Å²) in [6, 6.07) is 6.57. The number of nitriles is 1. The number of nitrogens with two attached hydrogens (primary N) is 1. The number of nitrogens with zero attached hydrogens (tertiary/aromatic N) is 2. The molecule has 1 atom stereocenters. The highest BCUT2D eigenvalue weighted by Crippen LogP contribution is 2.23. The standard InChI is InChI=1S/C11H12FN3/c12-10-5-8(6-13)1-2-11(10)15-4-3-9(14)7-15/h1-2,5,9H,3-4,7,14H2/t9-/m1/s1. The fraction of sp³-hybridized carbons (Fsp3) is 0.364. The van der Waals surface area contributed by atoms with Crippen LogP contribution in [0.4, 0.5) is 10.1 Å². The van der Waals surface area contributed by atoms with Gasteiger partial charge in [0.25, 0.3) is 0 Å². The van der Waals surface area contributed by atoms with E-state index >= 15 is 0 Å². The van der Waals surface area contributed by atoms with E-state index in [1.165, 1.54) is 6.07 Å². The van der Waals surface area contributed by atoms with Gasteiger partial charge in [-0.25, -0.2) is 4.39 Å². The van der Waals surface area contributed by atoms with Crippen LogP contribution in [-0.4, -0.2) is 19.1 Å². The van der Waals surface area contributed by atoms with E-state index in [0.717, 1.165) is 13.0 Å². The maximum absolute atomic E-state index is 13.6. The summed E-state index contributed by atoms with van der Waals surface area (Å²) in [6.07, 6.45) is 0.888. The maximum Gasteiger partial charge on any atom is 0.147 e. The molecule has 0 bridgehead atoms. The zero-order chi connectivity index (χ0) is 10.8. The van der Waals surface area contributed by atoms with E-state index in [-0.39, 0.29) is 11.9 Å². The van der Waals surface area contributed by atoms with Gasteiger partial charge in [-0.15, -0.1) is 0 Å². The molecule has 0 aliphatic carbocycles. The summed E-state index contributed by atoms with van der Waals surface area (Å²) >= 11 is 0. The van der Waals surface area contributed by atoms with Gasteiger partial charge >= 0.3 is 0 Å². The summed E-state index contributed by atoms with van der Waals surface area (Å²) in [4.78, 5) is 1.92. The number of hydrogen-bond acceptors (Lipinski definition) is 3. The molecule has 2 rings (SSSR count). The lowest BCUT2D eigenvalue weighted by Gasteiger charge is -2.18. The van der Waals surface area contributed by atoms with Crippen molar-refractivity contribution in [2.45, 2.75) is 12.5 Å². The largest absolute Gasteiger partial charge is 0.368 e. The molecule has 78 valence electrons. The minimum atomic E-state index is -0.344. The van der Waals surface area contributed by atoms with E-state index in [1.54, 1.807) is 12.1 Å². The normalized spacial score (nSPS) is 20.3. The Hall–Kier alpha value is -1.60. The average molecular weight is 205 g/mol. The second-order valence-electron chi connectivity index (χ2n) is 3.77. The van der Waals surface area contributed by atoms with Crippen LogP contribution < -0.4 is 10.6 Å². The zero-order valence-corrected chi connectivity index (χ0v) is 8.28. The molecule has 1 fully saturated rings. The van der Waals surface area contributed by atoms with Crippen LogP contribution in [0.5, 0.6) is 0 Å². The van der Waals surface area contributed by atoms with Crippen molar-refractivity contribution in [3.63, 3.8) is 0 Å². The Morgan fingerprint density at radius 3 is 2.87 bits per heavy atom. The highest BCUT2D eigenvalue weighted by atomic mass is 19.1. The smallest absolute Gasteiger partial charge is 0.147 e. The third kappa shape index (κ3) is 1.92. The van der Waals surface area contributed by atoms with E-state index in [9.17, 15) is 4.39 Å². The summed E-state index contributed by atoms with van der Waals surface area (Å²) in [6.45, 7) is 1.47. The molecule has 0 radical (unpaired) electrons. The molecule has 4 heteroatoms. The van der Waals surface area contributed by atoms with Gasteiger partial charge in [-0.3, -0.25) is 0 Å². The van der Waals surface area contributed by atoms with E-state index in [2.05, 4.69) is 0 Å². The lowest BCUT2D eigenvalue weighted by atomic mass is 10.2. The molecule has 1 heterocycles. The molecular formula is C11H12FN3. The van der Waals surface area contributed by atoms with Crippen molar-refractivity contribution in [2.75, 3.05) is 18.0 Å². The van der Waals surface area contributed by atoms with Crippen LogP contribution in [0.1, 0.15) is 12.0 Å². The monoisotopic (exact) mass is 205 g/mol. The Morgan fingerprint density at radius 2 is 2.33 bits per heavy atom. The van der Waals surface area contributed by atoms with Crippen molar-refractivity contribution in [3.05, 3.63) is 29.6 Å². The summed E-state index contributed by atoms with van der Waals surface area (Å²) in [7, 11) is 0. The molecule has 0 saturated carbocycles. The van der Waals surface area contributed by atoms with E-state index in [1.807, 2.05) is 11.0 Å². The summed E-state index contributed by atoms with van der Waals surface area (Å²) in [5, 5.41) is 8.61. The third-order valence-electron chi connectivity index (χ3n) is 2.64. The Balaban J connectivity index is 2.26. The second kappa shape index (κ2) is 3.87. The van der Waals surface area contributed by atoms with Crippen LogP contribution in [0.25, 0.3) is 0 Å². The first kappa shape index (κ1) is 9.94.